The molecular formula is C15H30O. The summed E-state index contributed by atoms with van der Waals surface area (Å²) in [5.74, 6) is 0.981. The molecule has 1 rings (SSSR count). The third kappa shape index (κ3) is 4.08. The van der Waals surface area contributed by atoms with E-state index in [1.54, 1.807) is 0 Å². The minimum absolute atomic E-state index is 0.572. The van der Waals surface area contributed by atoms with Crippen LogP contribution in [0.1, 0.15) is 72.1 Å². The Morgan fingerprint density at radius 2 is 1.75 bits per heavy atom. The average molecular weight is 226 g/mol. The second kappa shape index (κ2) is 7.32. The molecule has 0 aromatic heterocycles. The SMILES string of the molecule is CCCCC(CC)CCCC1(CC)COC1. The van der Waals surface area contributed by atoms with Crippen molar-refractivity contribution in [2.45, 2.75) is 72.1 Å². The lowest BCUT2D eigenvalue weighted by atomic mass is 9.77. The second-order valence-electron chi connectivity index (χ2n) is 5.66. The van der Waals surface area contributed by atoms with Gasteiger partial charge in [0.15, 0.2) is 0 Å². The molecule has 1 nitrogen and oxygen atoms in total. The van der Waals surface area contributed by atoms with E-state index in [-0.39, 0.29) is 0 Å². The van der Waals surface area contributed by atoms with Crippen LogP contribution in [0.3, 0.4) is 0 Å². The maximum Gasteiger partial charge on any atom is 0.0544 e. The van der Waals surface area contributed by atoms with Crippen LogP contribution in [0.2, 0.25) is 0 Å². The van der Waals surface area contributed by atoms with Gasteiger partial charge < -0.3 is 4.74 Å². The molecule has 0 N–H and O–H groups in total. The Kier molecular flexibility index (Phi) is 6.41. The Morgan fingerprint density at radius 1 is 1.06 bits per heavy atom. The van der Waals surface area contributed by atoms with Crippen molar-refractivity contribution in [1.29, 1.82) is 0 Å². The van der Waals surface area contributed by atoms with Gasteiger partial charge in [0.25, 0.3) is 0 Å². The summed E-state index contributed by atoms with van der Waals surface area (Å²) >= 11 is 0. The van der Waals surface area contributed by atoms with Crippen LogP contribution in [0.4, 0.5) is 0 Å². The van der Waals surface area contributed by atoms with Crippen LogP contribution in [0.5, 0.6) is 0 Å². The number of hydrogen-bond donors (Lipinski definition) is 0. The second-order valence-corrected chi connectivity index (χ2v) is 5.66. The Morgan fingerprint density at radius 3 is 2.19 bits per heavy atom. The molecule has 0 saturated carbocycles. The van der Waals surface area contributed by atoms with Crippen molar-refractivity contribution in [2.75, 3.05) is 13.2 Å². The van der Waals surface area contributed by atoms with Crippen molar-refractivity contribution in [1.82, 2.24) is 0 Å². The molecule has 1 heteroatoms. The maximum atomic E-state index is 5.38. The maximum absolute atomic E-state index is 5.38. The molecule has 0 aromatic carbocycles. The predicted octanol–water partition coefficient (Wildman–Crippen LogP) is 4.80. The third-order valence-electron chi connectivity index (χ3n) is 4.43. The number of unbranched alkanes of at least 4 members (excludes halogenated alkanes) is 1. The first-order valence-corrected chi connectivity index (χ1v) is 7.34. The first-order chi connectivity index (χ1) is 7.76. The van der Waals surface area contributed by atoms with Crippen molar-refractivity contribution in [3.8, 4) is 0 Å². The lowest BCUT2D eigenvalue weighted by molar-refractivity contribution is -0.120. The van der Waals surface area contributed by atoms with Gasteiger partial charge in [0, 0.05) is 5.41 Å². The Hall–Kier alpha value is -0.0400. The molecule has 0 amide bonds. The fourth-order valence-corrected chi connectivity index (χ4v) is 2.73. The van der Waals surface area contributed by atoms with Gasteiger partial charge in [-0.15, -0.1) is 0 Å². The van der Waals surface area contributed by atoms with Crippen molar-refractivity contribution in [3.05, 3.63) is 0 Å². The van der Waals surface area contributed by atoms with E-state index < -0.39 is 0 Å². The summed E-state index contributed by atoms with van der Waals surface area (Å²) in [7, 11) is 0. The Balaban J connectivity index is 2.12. The number of hydrogen-bond acceptors (Lipinski definition) is 1. The van der Waals surface area contributed by atoms with Gasteiger partial charge in [0.2, 0.25) is 0 Å². The Labute approximate surface area is 102 Å². The first kappa shape index (κ1) is 14.0. The van der Waals surface area contributed by atoms with Crippen LogP contribution in [0.25, 0.3) is 0 Å². The molecule has 1 saturated heterocycles. The van der Waals surface area contributed by atoms with Crippen LogP contribution in [-0.2, 0) is 4.74 Å². The third-order valence-corrected chi connectivity index (χ3v) is 4.43. The van der Waals surface area contributed by atoms with E-state index in [1.165, 1.54) is 51.4 Å². The van der Waals surface area contributed by atoms with Crippen LogP contribution >= 0.6 is 0 Å². The van der Waals surface area contributed by atoms with Crippen molar-refractivity contribution < 1.29 is 4.74 Å². The van der Waals surface area contributed by atoms with Crippen molar-refractivity contribution in [2.24, 2.45) is 11.3 Å². The molecule has 1 fully saturated rings. The molecule has 1 heterocycles. The van der Waals surface area contributed by atoms with E-state index in [1.807, 2.05) is 0 Å². The highest BCUT2D eigenvalue weighted by molar-refractivity contribution is 4.84. The molecule has 0 bridgehead atoms. The minimum Gasteiger partial charge on any atom is -0.380 e. The Bertz CT molecular complexity index is 167. The van der Waals surface area contributed by atoms with E-state index >= 15 is 0 Å². The highest BCUT2D eigenvalue weighted by Crippen LogP contribution is 2.37. The fourth-order valence-electron chi connectivity index (χ4n) is 2.73. The van der Waals surface area contributed by atoms with E-state index in [0.717, 1.165) is 19.1 Å². The molecule has 1 aliphatic rings. The highest BCUT2D eigenvalue weighted by Gasteiger charge is 2.35. The van der Waals surface area contributed by atoms with Crippen LogP contribution < -0.4 is 0 Å². The van der Waals surface area contributed by atoms with Gasteiger partial charge in [-0.25, -0.2) is 0 Å². The van der Waals surface area contributed by atoms with Crippen molar-refractivity contribution >= 4 is 0 Å². The summed E-state index contributed by atoms with van der Waals surface area (Å²) < 4.78 is 5.38. The van der Waals surface area contributed by atoms with Crippen LogP contribution in [-0.4, -0.2) is 13.2 Å². The fraction of sp³-hybridized carbons (Fsp3) is 1.00. The molecular weight excluding hydrogens is 196 g/mol. The van der Waals surface area contributed by atoms with Gasteiger partial charge in [-0.1, -0.05) is 59.3 Å². The summed E-state index contributed by atoms with van der Waals surface area (Å²) in [5, 5.41) is 0. The summed E-state index contributed by atoms with van der Waals surface area (Å²) in [5.41, 5.74) is 0.572. The molecule has 16 heavy (non-hydrogen) atoms. The summed E-state index contributed by atoms with van der Waals surface area (Å²) in [6.07, 6.45) is 11.1. The molecule has 1 atom stereocenters. The molecule has 96 valence electrons. The lowest BCUT2D eigenvalue weighted by Crippen LogP contribution is -2.41. The minimum atomic E-state index is 0.572. The quantitative estimate of drug-likeness (QED) is 0.549. The molecule has 1 aliphatic heterocycles. The van der Waals surface area contributed by atoms with Gasteiger partial charge in [0.05, 0.1) is 13.2 Å². The molecule has 0 aliphatic carbocycles. The topological polar surface area (TPSA) is 9.23 Å². The zero-order valence-electron chi connectivity index (χ0n) is 11.6. The first-order valence-electron chi connectivity index (χ1n) is 7.34. The smallest absolute Gasteiger partial charge is 0.0544 e. The lowest BCUT2D eigenvalue weighted by Gasteiger charge is -2.41. The predicted molar refractivity (Wildman–Crippen MR) is 70.7 cm³/mol. The summed E-state index contributed by atoms with van der Waals surface area (Å²) in [6.45, 7) is 9.01. The van der Waals surface area contributed by atoms with Gasteiger partial charge in [0.1, 0.15) is 0 Å². The van der Waals surface area contributed by atoms with Gasteiger partial charge in [-0.3, -0.25) is 0 Å². The molecule has 1 unspecified atom stereocenters. The average Bonchev–Trinajstić information content (AvgIpc) is 2.26. The molecule has 0 aromatic rings. The molecule has 0 radical (unpaired) electrons. The number of rotatable bonds is 9. The van der Waals surface area contributed by atoms with E-state index in [0.29, 0.717) is 5.41 Å². The molecule has 0 spiro atoms. The largest absolute Gasteiger partial charge is 0.380 e. The summed E-state index contributed by atoms with van der Waals surface area (Å²) in [6, 6.07) is 0. The van der Waals surface area contributed by atoms with Gasteiger partial charge in [-0.2, -0.15) is 0 Å². The van der Waals surface area contributed by atoms with E-state index in [9.17, 15) is 0 Å². The summed E-state index contributed by atoms with van der Waals surface area (Å²) in [4.78, 5) is 0. The zero-order valence-corrected chi connectivity index (χ0v) is 11.6. The highest BCUT2D eigenvalue weighted by atomic mass is 16.5. The van der Waals surface area contributed by atoms with Crippen LogP contribution in [0.15, 0.2) is 0 Å². The van der Waals surface area contributed by atoms with Crippen LogP contribution in [0, 0.1) is 11.3 Å². The monoisotopic (exact) mass is 226 g/mol. The normalized spacial score (nSPS) is 20.4. The standard InChI is InChI=1S/C15H30O/c1-4-7-9-14(5-2)10-8-11-15(6-3)12-16-13-15/h14H,4-13H2,1-3H3. The zero-order chi connectivity index (χ0) is 11.9. The van der Waals surface area contributed by atoms with E-state index in [2.05, 4.69) is 20.8 Å². The van der Waals surface area contributed by atoms with E-state index in [4.69, 9.17) is 4.74 Å². The van der Waals surface area contributed by atoms with Gasteiger partial charge >= 0.3 is 0 Å². The number of ether oxygens (including phenoxy) is 1. The van der Waals surface area contributed by atoms with Crippen molar-refractivity contribution in [3.63, 3.8) is 0 Å². The van der Waals surface area contributed by atoms with Gasteiger partial charge in [-0.05, 0) is 18.8 Å².